The van der Waals surface area contributed by atoms with Gasteiger partial charge >= 0.3 is 11.9 Å². The van der Waals surface area contributed by atoms with Crippen LogP contribution in [0.15, 0.2) is 24.3 Å². The number of aldehydes is 1. The number of carbonyl (C=O) groups excluding carboxylic acids is 6. The van der Waals surface area contributed by atoms with Gasteiger partial charge in [0.15, 0.2) is 7.85 Å². The van der Waals surface area contributed by atoms with Crippen molar-refractivity contribution < 1.29 is 77.8 Å². The van der Waals surface area contributed by atoms with Crippen LogP contribution >= 0.6 is 0 Å². The van der Waals surface area contributed by atoms with Crippen LogP contribution in [0.4, 0.5) is 0 Å². The van der Waals surface area contributed by atoms with Gasteiger partial charge in [-0.05, 0) is 50.3 Å². The molecule has 4 amide bonds. The van der Waals surface area contributed by atoms with E-state index in [-0.39, 0.29) is 122 Å². The van der Waals surface area contributed by atoms with Gasteiger partial charge in [-0.15, -0.1) is 0 Å². The number of unbranched alkanes of at least 4 members (excludes halogenated alkanes) is 13. The van der Waals surface area contributed by atoms with E-state index in [1.807, 2.05) is 13.8 Å². The van der Waals surface area contributed by atoms with Crippen LogP contribution in [0.1, 0.15) is 142 Å². The zero-order valence-electron chi connectivity index (χ0n) is 41.9. The minimum absolute atomic E-state index is 0.0382. The molecule has 0 aromatic heterocycles. The Bertz CT molecular complexity index is 1510. The van der Waals surface area contributed by atoms with Crippen molar-refractivity contribution in [2.75, 3.05) is 65.9 Å². The second-order valence-corrected chi connectivity index (χ2v) is 15.5. The lowest BCUT2D eigenvalue weighted by atomic mass is 9.90. The molecule has 1 rings (SSSR count). The second-order valence-electron chi connectivity index (χ2n) is 15.5. The van der Waals surface area contributed by atoms with E-state index >= 15 is 0 Å². The van der Waals surface area contributed by atoms with Crippen molar-refractivity contribution >= 4 is 55.4 Å². The van der Waals surface area contributed by atoms with Gasteiger partial charge in [0.05, 0.1) is 51.4 Å². The number of amides is 4. The monoisotopic (exact) mass is 998 g/mol. The Morgan fingerprint density at radius 3 is 1.41 bits per heavy atom. The molecule has 1 aromatic rings. The van der Waals surface area contributed by atoms with Gasteiger partial charge in [-0.25, -0.2) is 10.7 Å². The number of hydrogen-bond acceptors (Lipinski definition) is 15. The fourth-order valence-electron chi connectivity index (χ4n) is 6.24. The number of carboxylic acids is 2. The average Bonchev–Trinajstić information content (AvgIpc) is 3.33. The molecule has 10 N–H and O–H groups in total. The third-order valence-corrected chi connectivity index (χ3v) is 9.74. The zero-order valence-corrected chi connectivity index (χ0v) is 41.9. The van der Waals surface area contributed by atoms with Crippen molar-refractivity contribution in [2.45, 2.75) is 155 Å². The van der Waals surface area contributed by atoms with Gasteiger partial charge in [0.2, 0.25) is 23.6 Å². The van der Waals surface area contributed by atoms with Gasteiger partial charge in [-0.1, -0.05) is 103 Å². The first-order valence-electron chi connectivity index (χ1n) is 24.4. The Hall–Kier alpha value is -5.00. The molecule has 0 aliphatic heterocycles. The third-order valence-electron chi connectivity index (χ3n) is 9.74. The van der Waals surface area contributed by atoms with E-state index in [4.69, 9.17) is 41.9 Å². The summed E-state index contributed by atoms with van der Waals surface area (Å²) >= 11 is 0. The number of nitrogens with one attached hydrogen (secondary N) is 4. The summed E-state index contributed by atoms with van der Waals surface area (Å²) in [5, 5.41) is 44.4. The molecule has 70 heavy (non-hydrogen) atoms. The van der Waals surface area contributed by atoms with E-state index in [0.717, 1.165) is 51.2 Å². The van der Waals surface area contributed by atoms with E-state index in [0.29, 0.717) is 12.0 Å². The summed E-state index contributed by atoms with van der Waals surface area (Å²) in [7, 11) is 5.39. The maximum absolute atomic E-state index is 12.3. The normalized spacial score (nSPS) is 11.1. The molecule has 0 saturated heterocycles. The molecule has 2 atom stereocenters. The largest absolute Gasteiger partial charge is 0.508 e. The van der Waals surface area contributed by atoms with Crippen molar-refractivity contribution in [3.05, 3.63) is 29.8 Å². The van der Waals surface area contributed by atoms with Gasteiger partial charge in [0.1, 0.15) is 31.3 Å². The molecule has 1 unspecified atom stereocenters. The predicted octanol–water partition coefficient (Wildman–Crippen LogP) is 3.65. The number of rotatable bonds is 42. The van der Waals surface area contributed by atoms with Crippen LogP contribution < -0.4 is 27.2 Å². The number of carboxylic acid groups (broad SMARTS) is 2. The van der Waals surface area contributed by atoms with Crippen molar-refractivity contribution in [3.63, 3.8) is 0 Å². The lowest BCUT2D eigenvalue weighted by Crippen LogP contribution is -2.44. The summed E-state index contributed by atoms with van der Waals surface area (Å²) in [4.78, 5) is 91.3. The number of phenolic OH excluding ortho intramolecular Hbond substituents is 1. The first-order chi connectivity index (χ1) is 33.8. The number of nitrogens with two attached hydrogens (primary N) is 1. The van der Waals surface area contributed by atoms with Crippen LogP contribution in [0.5, 0.6) is 5.75 Å². The van der Waals surface area contributed by atoms with E-state index in [1.54, 1.807) is 12.1 Å². The van der Waals surface area contributed by atoms with Crippen LogP contribution in [0, 0.1) is 0 Å². The topological polar surface area (TPSA) is 329 Å². The van der Waals surface area contributed by atoms with Crippen molar-refractivity contribution in [1.29, 1.82) is 0 Å². The fourth-order valence-corrected chi connectivity index (χ4v) is 6.24. The Balaban J connectivity index is -0.00000607. The van der Waals surface area contributed by atoms with Gasteiger partial charge in [0.25, 0.3) is 0 Å². The maximum Gasteiger partial charge on any atom is 0.326 e. The first kappa shape index (κ1) is 69.3. The number of carbonyl (C=O) groups is 8. The Kier molecular flexibility index (Phi) is 51.3. The molecular formula is C48H84BN5O16. The van der Waals surface area contributed by atoms with Gasteiger partial charge in [-0.3, -0.25) is 24.0 Å². The lowest BCUT2D eigenvalue weighted by molar-refractivity contribution is -0.142. The molecule has 2 radical (unpaired) electrons. The Morgan fingerprint density at radius 2 is 0.971 bits per heavy atom. The quantitative estimate of drug-likeness (QED) is 0.0195. The molecule has 0 fully saturated rings. The SMILES string of the molecule is CC.CC=O.NO.[B]C(=O)C(Cc1ccc(O)cc1)NC(=O)COCCOCCNC(=O)COCCOCCNC(=O)CC[C@H](NC(=O)CCCCCCCCCCCCCCCCC(=O)O)C(=O)O. The lowest BCUT2D eigenvalue weighted by Gasteiger charge is -2.16. The maximum atomic E-state index is 12.3. The molecule has 400 valence electrons. The highest BCUT2D eigenvalue weighted by Crippen LogP contribution is 2.14. The average molecular weight is 998 g/mol. The van der Waals surface area contributed by atoms with Crippen molar-refractivity contribution in [3.8, 4) is 5.75 Å². The molecule has 0 heterocycles. The molecule has 22 heteroatoms. The smallest absolute Gasteiger partial charge is 0.326 e. The number of aromatic hydroxyl groups is 1. The summed E-state index contributed by atoms with van der Waals surface area (Å²) in [5.41, 5.74) is 0.00668. The molecule has 1 aromatic carbocycles. The highest BCUT2D eigenvalue weighted by Gasteiger charge is 2.21. The summed E-state index contributed by atoms with van der Waals surface area (Å²) in [5.74, 6) is 0.0842. The predicted molar refractivity (Wildman–Crippen MR) is 263 cm³/mol. The standard InChI is InChI=1S/C44H71BN4O14.C2H4O.C2H6.H3NO/c45-43(57)37(31-34-17-19-35(50)20-18-34)49-41(54)33-63-30-28-61-26-24-47-40(53)32-62-29-27-60-25-23-46-38(51)22-21-36(44(58)59)48-39(52)15-13-11-9-7-5-3-1-2-4-6-8-10-12-14-16-42(55)56;1-2-3;2*1-2/h17-20,36-37,50H,1-16,21-33H2,(H,46,51)(H,47,53)(H,48,52)(H,49,54)(H,55,56)(H,58,59);2H,1H3;1-2H3;2H,1H2/t36-,37?;;;/m0.../s1. The van der Waals surface area contributed by atoms with Crippen LogP contribution in [0.25, 0.3) is 0 Å². The number of aliphatic carboxylic acids is 2. The molecule has 0 aliphatic rings. The van der Waals surface area contributed by atoms with Crippen molar-refractivity contribution in [2.24, 2.45) is 5.90 Å². The summed E-state index contributed by atoms with van der Waals surface area (Å²) in [6, 6.07) is 4.10. The van der Waals surface area contributed by atoms with E-state index in [2.05, 4.69) is 27.2 Å². The summed E-state index contributed by atoms with van der Waals surface area (Å²) in [6.07, 6.45) is 16.3. The Labute approximate surface area is 415 Å². The molecule has 0 aliphatic carbocycles. The van der Waals surface area contributed by atoms with Crippen LogP contribution in [0.2, 0.25) is 0 Å². The third kappa shape index (κ3) is 48.0. The fraction of sp³-hybridized carbons (Fsp3) is 0.708. The van der Waals surface area contributed by atoms with Crippen LogP contribution in [-0.4, -0.2) is 154 Å². The van der Waals surface area contributed by atoms with Crippen LogP contribution in [0.3, 0.4) is 0 Å². The first-order valence-corrected chi connectivity index (χ1v) is 24.4. The molecule has 0 saturated carbocycles. The van der Waals surface area contributed by atoms with Gasteiger partial charge < -0.3 is 70.3 Å². The van der Waals surface area contributed by atoms with Gasteiger partial charge in [0, 0.05) is 32.4 Å². The number of phenols is 1. The minimum Gasteiger partial charge on any atom is -0.508 e. The number of benzene rings is 1. The number of hydrogen-bond donors (Lipinski definition) is 9. The van der Waals surface area contributed by atoms with Crippen molar-refractivity contribution in [1.82, 2.24) is 21.3 Å². The van der Waals surface area contributed by atoms with E-state index in [1.165, 1.54) is 57.6 Å². The second kappa shape index (κ2) is 51.8. The Morgan fingerprint density at radius 1 is 0.571 bits per heavy atom. The van der Waals surface area contributed by atoms with E-state index < -0.39 is 35.6 Å². The van der Waals surface area contributed by atoms with E-state index in [9.17, 15) is 43.8 Å². The summed E-state index contributed by atoms with van der Waals surface area (Å²) in [6.45, 7) is 6.33. The highest BCUT2D eigenvalue weighted by molar-refractivity contribution is 6.59. The van der Waals surface area contributed by atoms with Gasteiger partial charge in [-0.2, -0.15) is 0 Å². The molecule has 0 spiro atoms. The zero-order chi connectivity index (χ0) is 53.0. The molecular weight excluding hydrogens is 913 g/mol. The minimum atomic E-state index is -1.19. The highest BCUT2D eigenvalue weighted by atomic mass is 16.5. The van der Waals surface area contributed by atoms with Crippen LogP contribution in [-0.2, 0) is 63.7 Å². The summed E-state index contributed by atoms with van der Waals surface area (Å²) < 4.78 is 21.3. The molecule has 21 nitrogen and oxygen atoms in total. The molecule has 0 bridgehead atoms. The number of ether oxygens (including phenoxy) is 4.